The van der Waals surface area contributed by atoms with Crippen molar-refractivity contribution in [2.75, 3.05) is 52.0 Å². The normalized spacial score (nSPS) is 14.3. The van der Waals surface area contributed by atoms with Crippen molar-refractivity contribution in [1.82, 2.24) is 19.4 Å². The number of aryl methyl sites for hydroxylation is 2. The van der Waals surface area contributed by atoms with Crippen LogP contribution in [0, 0.1) is 0 Å². The number of rotatable bonds is 9. The second-order valence-electron chi connectivity index (χ2n) is 10.1. The first-order valence-electron chi connectivity index (χ1n) is 13.4. The van der Waals surface area contributed by atoms with E-state index in [1.165, 1.54) is 7.11 Å². The van der Waals surface area contributed by atoms with Crippen molar-refractivity contribution < 1.29 is 9.47 Å². The first-order valence-corrected chi connectivity index (χ1v) is 13.8. The maximum absolute atomic E-state index is 14.1. The van der Waals surface area contributed by atoms with Gasteiger partial charge in [0, 0.05) is 54.1 Å². The van der Waals surface area contributed by atoms with Crippen molar-refractivity contribution in [1.29, 1.82) is 0 Å². The van der Waals surface area contributed by atoms with Gasteiger partial charge in [-0.3, -0.25) is 9.36 Å². The molecule has 2 N–H and O–H groups in total. The number of pyridine rings is 1. The van der Waals surface area contributed by atoms with E-state index in [1.807, 2.05) is 19.2 Å². The van der Waals surface area contributed by atoms with Crippen molar-refractivity contribution in [2.24, 2.45) is 0 Å². The summed E-state index contributed by atoms with van der Waals surface area (Å²) < 4.78 is 12.6. The Kier molecular flexibility index (Phi) is 8.42. The summed E-state index contributed by atoms with van der Waals surface area (Å²) in [4.78, 5) is 25.9. The fourth-order valence-corrected chi connectivity index (χ4v) is 5.37. The van der Waals surface area contributed by atoms with Crippen LogP contribution < -0.4 is 25.7 Å². The van der Waals surface area contributed by atoms with Crippen molar-refractivity contribution in [3.05, 3.63) is 69.6 Å². The van der Waals surface area contributed by atoms with Crippen LogP contribution in [0.3, 0.4) is 0 Å². The molecule has 2 aromatic heterocycles. The predicted molar refractivity (Wildman–Crippen MR) is 161 cm³/mol. The molecule has 0 atom stereocenters. The maximum atomic E-state index is 14.1. The van der Waals surface area contributed by atoms with Gasteiger partial charge in [-0.15, -0.1) is 0 Å². The van der Waals surface area contributed by atoms with Gasteiger partial charge in [-0.2, -0.15) is 4.98 Å². The largest absolute Gasteiger partial charge is 0.497 e. The summed E-state index contributed by atoms with van der Waals surface area (Å²) in [5.41, 5.74) is 3.50. The van der Waals surface area contributed by atoms with Gasteiger partial charge in [0.05, 0.1) is 19.2 Å². The summed E-state index contributed by atoms with van der Waals surface area (Å²) >= 11 is 6.71. The molecule has 1 aliphatic rings. The van der Waals surface area contributed by atoms with Gasteiger partial charge in [0.2, 0.25) is 5.95 Å². The number of methoxy groups -OCH3 is 2. The number of hydrogen-bond acceptors (Lipinski definition) is 8. The second-order valence-corrected chi connectivity index (χ2v) is 10.5. The zero-order valence-corrected chi connectivity index (χ0v) is 24.1. The molecule has 3 heterocycles. The van der Waals surface area contributed by atoms with Crippen molar-refractivity contribution >= 4 is 34.3 Å². The van der Waals surface area contributed by atoms with Gasteiger partial charge in [-0.25, -0.2) is 4.98 Å². The molecule has 0 bridgehead atoms. The Morgan fingerprint density at radius 3 is 2.48 bits per heavy atom. The highest BCUT2D eigenvalue weighted by molar-refractivity contribution is 6.35. The highest BCUT2D eigenvalue weighted by atomic mass is 35.5. The molecule has 0 saturated carbocycles. The Labute approximate surface area is 239 Å². The van der Waals surface area contributed by atoms with Gasteiger partial charge < -0.3 is 25.0 Å². The lowest BCUT2D eigenvalue weighted by Crippen LogP contribution is -2.37. The summed E-state index contributed by atoms with van der Waals surface area (Å²) in [5, 5.41) is 7.71. The van der Waals surface area contributed by atoms with E-state index in [9.17, 15) is 4.79 Å². The van der Waals surface area contributed by atoms with E-state index >= 15 is 0 Å². The Morgan fingerprint density at radius 2 is 1.80 bits per heavy atom. The third kappa shape index (κ3) is 5.85. The summed E-state index contributed by atoms with van der Waals surface area (Å²) in [6.07, 6.45) is 4.45. The molecule has 1 saturated heterocycles. The van der Waals surface area contributed by atoms with Crippen LogP contribution in [0.5, 0.6) is 11.5 Å². The fraction of sp³-hybridized carbons (Fsp3) is 0.367. The Bertz CT molecular complexity index is 1550. The first-order chi connectivity index (χ1) is 19.4. The number of fused-ring (bicyclic) bond motifs is 1. The zero-order chi connectivity index (χ0) is 28.2. The number of aromatic nitrogens is 3. The minimum atomic E-state index is -0.194. The second kappa shape index (κ2) is 12.1. The quantitative estimate of drug-likeness (QED) is 0.297. The number of piperidine rings is 1. The predicted octanol–water partition coefficient (Wildman–Crippen LogP) is 4.92. The summed E-state index contributed by atoms with van der Waals surface area (Å²) in [6, 6.07) is 13.7. The van der Waals surface area contributed by atoms with E-state index in [-0.39, 0.29) is 5.56 Å². The smallest absolute Gasteiger partial charge is 0.260 e. The molecule has 0 radical (unpaired) electrons. The number of ether oxygens (including phenoxy) is 2. The monoisotopic (exact) mass is 562 g/mol. The molecular formula is C30H35ClN6O3. The lowest BCUT2D eigenvalue weighted by molar-refractivity contribution is 0.263. The van der Waals surface area contributed by atoms with E-state index in [0.29, 0.717) is 58.3 Å². The summed E-state index contributed by atoms with van der Waals surface area (Å²) in [7, 11) is 7.13. The Hall–Kier alpha value is -3.82. The molecule has 5 rings (SSSR count). The zero-order valence-electron chi connectivity index (χ0n) is 23.3. The van der Waals surface area contributed by atoms with Crippen LogP contribution in [-0.4, -0.2) is 66.9 Å². The molecule has 9 nitrogen and oxygen atoms in total. The Morgan fingerprint density at radius 1 is 1.05 bits per heavy atom. The van der Waals surface area contributed by atoms with Gasteiger partial charge in [0.1, 0.15) is 17.1 Å². The van der Waals surface area contributed by atoms with Crippen molar-refractivity contribution in [3.8, 4) is 22.6 Å². The van der Waals surface area contributed by atoms with Gasteiger partial charge in [0.15, 0.2) is 0 Å². The number of nitrogens with zero attached hydrogens (tertiary/aromatic N) is 4. The molecule has 1 aliphatic heterocycles. The third-order valence-electron chi connectivity index (χ3n) is 7.50. The van der Waals surface area contributed by atoms with E-state index in [1.54, 1.807) is 36.1 Å². The minimum Gasteiger partial charge on any atom is -0.497 e. The first kappa shape index (κ1) is 27.7. The third-order valence-corrected chi connectivity index (χ3v) is 7.89. The van der Waals surface area contributed by atoms with Crippen LogP contribution in [0.15, 0.2) is 53.5 Å². The molecule has 4 aromatic rings. The lowest BCUT2D eigenvalue weighted by Gasteiger charge is -2.29. The molecular weight excluding hydrogens is 528 g/mol. The summed E-state index contributed by atoms with van der Waals surface area (Å²) in [6.45, 7) is 2.48. The number of benzene rings is 2. The molecule has 0 aliphatic carbocycles. The van der Waals surface area contributed by atoms with Gasteiger partial charge >= 0.3 is 0 Å². The van der Waals surface area contributed by atoms with E-state index in [4.69, 9.17) is 26.1 Å². The SMILES string of the molecule is CNc1ccc(CCn2c(=O)c(-c3cc(OC)cc(OC)c3Cl)cc3cnc(NC4CCN(C)CC4)nc32)cc1. The number of likely N-dealkylation sites (tertiary alicyclic amines) is 1. The average molecular weight is 563 g/mol. The van der Waals surface area contributed by atoms with E-state index < -0.39 is 0 Å². The molecule has 2 aromatic carbocycles. The summed E-state index contributed by atoms with van der Waals surface area (Å²) in [5.74, 6) is 1.50. The minimum absolute atomic E-state index is 0.194. The van der Waals surface area contributed by atoms with Crippen LogP contribution >= 0.6 is 11.6 Å². The molecule has 10 heteroatoms. The average Bonchev–Trinajstić information content (AvgIpc) is 2.98. The highest BCUT2D eigenvalue weighted by Gasteiger charge is 2.21. The molecule has 210 valence electrons. The number of anilines is 2. The Balaban J connectivity index is 1.59. The molecule has 0 amide bonds. The molecule has 0 spiro atoms. The maximum Gasteiger partial charge on any atom is 0.260 e. The van der Waals surface area contributed by atoms with E-state index in [0.717, 1.165) is 42.6 Å². The topological polar surface area (TPSA) is 93.5 Å². The van der Waals surface area contributed by atoms with Crippen LogP contribution in [-0.2, 0) is 13.0 Å². The lowest BCUT2D eigenvalue weighted by atomic mass is 10.0. The fourth-order valence-electron chi connectivity index (χ4n) is 5.08. The van der Waals surface area contributed by atoms with Gasteiger partial charge in [0.25, 0.3) is 5.56 Å². The molecule has 0 unspecified atom stereocenters. The van der Waals surface area contributed by atoms with Crippen LogP contribution in [0.4, 0.5) is 11.6 Å². The highest BCUT2D eigenvalue weighted by Crippen LogP contribution is 2.38. The van der Waals surface area contributed by atoms with E-state index in [2.05, 4.69) is 39.7 Å². The number of hydrogen-bond donors (Lipinski definition) is 2. The van der Waals surface area contributed by atoms with Crippen molar-refractivity contribution in [3.63, 3.8) is 0 Å². The number of nitrogens with one attached hydrogen (secondary N) is 2. The van der Waals surface area contributed by atoms with Gasteiger partial charge in [-0.05, 0) is 69.2 Å². The van der Waals surface area contributed by atoms with Crippen LogP contribution in [0.2, 0.25) is 5.02 Å². The van der Waals surface area contributed by atoms with Crippen molar-refractivity contribution in [2.45, 2.75) is 31.8 Å². The van der Waals surface area contributed by atoms with Crippen LogP contribution in [0.25, 0.3) is 22.2 Å². The molecule has 1 fully saturated rings. The molecule has 40 heavy (non-hydrogen) atoms. The number of halogens is 1. The van der Waals surface area contributed by atoms with Gasteiger partial charge in [-0.1, -0.05) is 23.7 Å². The standard InChI is InChI=1S/C30H35ClN6O3/c1-32-21-7-5-19(6-8-21)9-14-37-28-20(18-33-30(35-28)34-22-10-12-36(2)13-11-22)15-25(29(37)38)24-16-23(39-3)17-26(40-4)27(24)31/h5-8,15-18,22,32H,9-14H2,1-4H3,(H,33,34,35). The van der Waals surface area contributed by atoms with Crippen LogP contribution in [0.1, 0.15) is 18.4 Å².